The van der Waals surface area contributed by atoms with Gasteiger partial charge in [-0.05, 0) is 42.3 Å². The number of guanidine groups is 1. The van der Waals surface area contributed by atoms with E-state index in [1.165, 1.54) is 12.1 Å². The molecule has 172 valence electrons. The Balaban J connectivity index is 0.00000480. The molecule has 2 aromatic carbocycles. The average Bonchev–Trinajstić information content (AvgIpc) is 2.77. The highest BCUT2D eigenvalue weighted by Crippen LogP contribution is 2.38. The zero-order chi connectivity index (χ0) is 21.9. The number of hydrogen-bond acceptors (Lipinski definition) is 5. The Kier molecular flexibility index (Phi) is 11.8. The lowest BCUT2D eigenvalue weighted by atomic mass is 10.2. The standard InChI is InChI=1S/C22H31FN4O3.HI/c1-24-22(25-10-7-11-27(2)18-9-6-8-17(23)14-18)26-15-16-12-19(28-3)21(30-5)20(13-16)29-4;/h6,8-9,12-14H,7,10-11,15H2,1-5H3,(H2,24,25,26);1H. The number of methoxy groups -OCH3 is 3. The van der Waals surface area contributed by atoms with Crippen LogP contribution in [0.5, 0.6) is 17.2 Å². The van der Waals surface area contributed by atoms with E-state index >= 15 is 0 Å². The van der Waals surface area contributed by atoms with Gasteiger partial charge in [0.15, 0.2) is 17.5 Å². The summed E-state index contributed by atoms with van der Waals surface area (Å²) in [5, 5.41) is 6.57. The molecular weight excluding hydrogens is 514 g/mol. The van der Waals surface area contributed by atoms with Crippen molar-refractivity contribution in [3.05, 3.63) is 47.8 Å². The van der Waals surface area contributed by atoms with Crippen LogP contribution < -0.4 is 29.7 Å². The smallest absolute Gasteiger partial charge is 0.203 e. The molecule has 0 heterocycles. The zero-order valence-corrected chi connectivity index (χ0v) is 21.0. The quantitative estimate of drug-likeness (QED) is 0.205. The molecule has 0 aromatic heterocycles. The van der Waals surface area contributed by atoms with Crippen molar-refractivity contribution in [2.24, 2.45) is 4.99 Å². The number of hydrogen-bond donors (Lipinski definition) is 2. The summed E-state index contributed by atoms with van der Waals surface area (Å²) in [5.41, 5.74) is 1.83. The molecule has 0 unspecified atom stereocenters. The van der Waals surface area contributed by atoms with Crippen molar-refractivity contribution in [1.29, 1.82) is 0 Å². The Bertz CT molecular complexity index is 826. The fraction of sp³-hybridized carbons (Fsp3) is 0.409. The van der Waals surface area contributed by atoms with Crippen LogP contribution in [0, 0.1) is 5.82 Å². The summed E-state index contributed by atoms with van der Waals surface area (Å²) >= 11 is 0. The third-order valence-electron chi connectivity index (χ3n) is 4.62. The number of nitrogens with one attached hydrogen (secondary N) is 2. The molecule has 2 rings (SSSR count). The molecule has 0 amide bonds. The number of benzene rings is 2. The molecule has 0 spiro atoms. The highest BCUT2D eigenvalue weighted by molar-refractivity contribution is 14.0. The van der Waals surface area contributed by atoms with Crippen LogP contribution in [0.3, 0.4) is 0 Å². The molecule has 2 N–H and O–H groups in total. The van der Waals surface area contributed by atoms with E-state index in [1.54, 1.807) is 34.4 Å². The number of anilines is 1. The molecular formula is C22H32FIN4O3. The first-order chi connectivity index (χ1) is 14.5. The Labute approximate surface area is 201 Å². The molecule has 2 aromatic rings. The molecule has 7 nitrogen and oxygen atoms in total. The predicted molar refractivity (Wildman–Crippen MR) is 134 cm³/mol. The molecule has 9 heteroatoms. The average molecular weight is 546 g/mol. The summed E-state index contributed by atoms with van der Waals surface area (Å²) in [6, 6.07) is 10.4. The number of aliphatic imine (C=N–C) groups is 1. The van der Waals surface area contributed by atoms with Crippen molar-refractivity contribution in [3.63, 3.8) is 0 Å². The van der Waals surface area contributed by atoms with Gasteiger partial charge in [0.25, 0.3) is 0 Å². The first-order valence-corrected chi connectivity index (χ1v) is 9.72. The summed E-state index contributed by atoms with van der Waals surface area (Å²) in [6.07, 6.45) is 0.873. The second-order valence-electron chi connectivity index (χ2n) is 6.64. The summed E-state index contributed by atoms with van der Waals surface area (Å²) in [7, 11) is 8.44. The molecule has 0 aliphatic rings. The van der Waals surface area contributed by atoms with Gasteiger partial charge < -0.3 is 29.7 Å². The van der Waals surface area contributed by atoms with E-state index in [1.807, 2.05) is 30.1 Å². The van der Waals surface area contributed by atoms with Crippen molar-refractivity contribution >= 4 is 35.6 Å². The number of ether oxygens (including phenoxy) is 3. The van der Waals surface area contributed by atoms with Crippen molar-refractivity contribution in [1.82, 2.24) is 10.6 Å². The van der Waals surface area contributed by atoms with Crippen LogP contribution >= 0.6 is 24.0 Å². The number of rotatable bonds is 10. The largest absolute Gasteiger partial charge is 0.493 e. The lowest BCUT2D eigenvalue weighted by Crippen LogP contribution is -2.38. The van der Waals surface area contributed by atoms with Gasteiger partial charge in [0.1, 0.15) is 5.82 Å². The first kappa shape index (κ1) is 26.6. The van der Waals surface area contributed by atoms with Crippen molar-refractivity contribution < 1.29 is 18.6 Å². The summed E-state index contributed by atoms with van der Waals surface area (Å²) in [6.45, 7) is 2.06. The van der Waals surface area contributed by atoms with E-state index in [0.29, 0.717) is 29.8 Å². The zero-order valence-electron chi connectivity index (χ0n) is 18.7. The van der Waals surface area contributed by atoms with Gasteiger partial charge in [-0.3, -0.25) is 4.99 Å². The molecule has 0 fully saturated rings. The van der Waals surface area contributed by atoms with E-state index in [4.69, 9.17) is 14.2 Å². The lowest BCUT2D eigenvalue weighted by molar-refractivity contribution is 0.323. The summed E-state index contributed by atoms with van der Waals surface area (Å²) < 4.78 is 29.5. The molecule has 0 bridgehead atoms. The Hall–Kier alpha value is -2.43. The van der Waals surface area contributed by atoms with E-state index in [9.17, 15) is 4.39 Å². The van der Waals surface area contributed by atoms with Crippen molar-refractivity contribution in [3.8, 4) is 17.2 Å². The molecule has 0 saturated carbocycles. The van der Waals surface area contributed by atoms with Gasteiger partial charge in [-0.25, -0.2) is 4.39 Å². The maximum atomic E-state index is 13.3. The van der Waals surface area contributed by atoms with Gasteiger partial charge in [-0.15, -0.1) is 24.0 Å². The lowest BCUT2D eigenvalue weighted by Gasteiger charge is -2.20. The van der Waals surface area contributed by atoms with Crippen LogP contribution in [-0.4, -0.2) is 54.5 Å². The highest BCUT2D eigenvalue weighted by atomic mass is 127. The van der Waals surface area contributed by atoms with Crippen LogP contribution in [0.15, 0.2) is 41.4 Å². The predicted octanol–water partition coefficient (Wildman–Crippen LogP) is 3.66. The summed E-state index contributed by atoms with van der Waals surface area (Å²) in [4.78, 5) is 6.28. The van der Waals surface area contributed by atoms with E-state index < -0.39 is 0 Å². The minimum Gasteiger partial charge on any atom is -0.493 e. The maximum Gasteiger partial charge on any atom is 0.203 e. The van der Waals surface area contributed by atoms with Gasteiger partial charge in [0, 0.05) is 39.4 Å². The number of nitrogens with zero attached hydrogens (tertiary/aromatic N) is 2. The normalized spacial score (nSPS) is 10.7. The van der Waals surface area contributed by atoms with Gasteiger partial charge in [0.05, 0.1) is 21.3 Å². The fourth-order valence-electron chi connectivity index (χ4n) is 3.01. The third-order valence-corrected chi connectivity index (χ3v) is 4.62. The molecule has 0 aliphatic carbocycles. The van der Waals surface area contributed by atoms with Crippen molar-refractivity contribution in [2.45, 2.75) is 13.0 Å². The fourth-order valence-corrected chi connectivity index (χ4v) is 3.01. The van der Waals surface area contributed by atoms with Crippen LogP contribution in [0.25, 0.3) is 0 Å². The van der Waals surface area contributed by atoms with E-state index in [-0.39, 0.29) is 29.8 Å². The monoisotopic (exact) mass is 546 g/mol. The van der Waals surface area contributed by atoms with Gasteiger partial charge in [0.2, 0.25) is 5.75 Å². The minimum atomic E-state index is -0.228. The second kappa shape index (κ2) is 13.8. The molecule has 0 atom stereocenters. The summed E-state index contributed by atoms with van der Waals surface area (Å²) in [5.74, 6) is 2.24. The molecule has 0 aliphatic heterocycles. The Morgan fingerprint density at radius 2 is 1.71 bits per heavy atom. The highest BCUT2D eigenvalue weighted by Gasteiger charge is 2.13. The van der Waals surface area contributed by atoms with Crippen LogP contribution in [-0.2, 0) is 6.54 Å². The van der Waals surface area contributed by atoms with E-state index in [2.05, 4.69) is 15.6 Å². The SMILES string of the molecule is CN=C(NCCCN(C)c1cccc(F)c1)NCc1cc(OC)c(OC)c(OC)c1.I. The molecule has 0 saturated heterocycles. The van der Waals surface area contributed by atoms with Crippen LogP contribution in [0.4, 0.5) is 10.1 Å². The Morgan fingerprint density at radius 3 is 2.26 bits per heavy atom. The Morgan fingerprint density at radius 1 is 1.03 bits per heavy atom. The number of halogens is 2. The van der Waals surface area contributed by atoms with Crippen LogP contribution in [0.1, 0.15) is 12.0 Å². The topological polar surface area (TPSA) is 67.4 Å². The minimum absolute atomic E-state index is 0. The first-order valence-electron chi connectivity index (χ1n) is 9.72. The third kappa shape index (κ3) is 7.97. The second-order valence-corrected chi connectivity index (χ2v) is 6.64. The molecule has 31 heavy (non-hydrogen) atoms. The van der Waals surface area contributed by atoms with Gasteiger partial charge in [-0.1, -0.05) is 6.07 Å². The van der Waals surface area contributed by atoms with Gasteiger partial charge >= 0.3 is 0 Å². The maximum absolute atomic E-state index is 13.3. The van der Waals surface area contributed by atoms with E-state index in [0.717, 1.165) is 30.8 Å². The van der Waals surface area contributed by atoms with Crippen LogP contribution in [0.2, 0.25) is 0 Å². The van der Waals surface area contributed by atoms with Crippen molar-refractivity contribution in [2.75, 3.05) is 53.4 Å². The molecule has 0 radical (unpaired) electrons. The van der Waals surface area contributed by atoms with Gasteiger partial charge in [-0.2, -0.15) is 0 Å².